The molecule has 0 N–H and O–H groups in total. The second kappa shape index (κ2) is 6.76. The van der Waals surface area contributed by atoms with E-state index in [9.17, 15) is 40.3 Å². The van der Waals surface area contributed by atoms with Gasteiger partial charge in [-0.1, -0.05) is 0 Å². The van der Waals surface area contributed by atoms with E-state index in [-0.39, 0.29) is 5.56 Å². The molecule has 25 heavy (non-hydrogen) atoms. The third kappa shape index (κ3) is 3.77. The topological polar surface area (TPSA) is 61.8 Å². The molecule has 0 aromatic heterocycles. The number of methoxy groups -OCH3 is 2. The van der Waals surface area contributed by atoms with Crippen LogP contribution < -0.4 is 9.47 Å². The summed E-state index contributed by atoms with van der Waals surface area (Å²) >= 11 is 0. The first-order chi connectivity index (χ1) is 11.3. The van der Waals surface area contributed by atoms with Crippen LogP contribution in [0.2, 0.25) is 0 Å². The molecule has 0 amide bonds. The van der Waals surface area contributed by atoms with Gasteiger partial charge in [-0.15, -0.1) is 0 Å². The highest BCUT2D eigenvalue weighted by Gasteiger charge is 2.77. The monoisotopic (exact) mass is 378 g/mol. The Bertz CT molecular complexity index is 669. The van der Waals surface area contributed by atoms with E-state index >= 15 is 0 Å². The van der Waals surface area contributed by atoms with Gasteiger partial charge in [0.1, 0.15) is 0 Å². The molecule has 0 spiro atoms. The van der Waals surface area contributed by atoms with Crippen LogP contribution in [-0.2, 0) is 9.53 Å². The second-order valence-electron chi connectivity index (χ2n) is 4.39. The van der Waals surface area contributed by atoms with Crippen LogP contribution in [0.5, 0.6) is 11.5 Å². The van der Waals surface area contributed by atoms with Crippen molar-refractivity contribution >= 4 is 11.9 Å². The molecule has 140 valence electrons. The number of benzene rings is 1. The van der Waals surface area contributed by atoms with Gasteiger partial charge in [0.2, 0.25) is 0 Å². The molecule has 1 rings (SSSR count). The van der Waals surface area contributed by atoms with Crippen molar-refractivity contribution < 1.29 is 54.5 Å². The molecule has 1 aromatic carbocycles. The molecule has 0 heterocycles. The normalized spacial score (nSPS) is 12.5. The van der Waals surface area contributed by atoms with Gasteiger partial charge in [0.15, 0.2) is 11.5 Å². The lowest BCUT2D eigenvalue weighted by Crippen LogP contribution is -2.57. The highest BCUT2D eigenvalue weighted by molar-refractivity contribution is 5.90. The van der Waals surface area contributed by atoms with Gasteiger partial charge in [0, 0.05) is 0 Å². The Kier molecular flexibility index (Phi) is 5.55. The Labute approximate surface area is 135 Å². The van der Waals surface area contributed by atoms with Gasteiger partial charge < -0.3 is 14.2 Å². The van der Waals surface area contributed by atoms with Gasteiger partial charge in [-0.25, -0.2) is 9.59 Å². The minimum atomic E-state index is -6.69. The highest BCUT2D eigenvalue weighted by atomic mass is 19.4. The van der Waals surface area contributed by atoms with E-state index in [0.29, 0.717) is 6.07 Å². The van der Waals surface area contributed by atoms with E-state index in [1.165, 1.54) is 0 Å². The molecule has 5 nitrogen and oxygen atoms in total. The van der Waals surface area contributed by atoms with Gasteiger partial charge in [0.25, 0.3) is 0 Å². The molecule has 1 aromatic rings. The lowest BCUT2D eigenvalue weighted by molar-refractivity contribution is -0.346. The number of halogens is 7. The van der Waals surface area contributed by atoms with E-state index in [1.807, 2.05) is 0 Å². The summed E-state index contributed by atoms with van der Waals surface area (Å²) in [5.41, 5.74) is -0.188. The molecule has 0 aliphatic rings. The molecular weight excluding hydrogens is 369 g/mol. The molecule has 0 saturated heterocycles. The summed E-state index contributed by atoms with van der Waals surface area (Å²) in [7, 11) is 1.96. The summed E-state index contributed by atoms with van der Waals surface area (Å²) in [6.07, 6.45) is -6.69. The first-order valence-corrected chi connectivity index (χ1v) is 6.10. The minimum absolute atomic E-state index is 0.188. The van der Waals surface area contributed by atoms with Crippen molar-refractivity contribution in [3.05, 3.63) is 23.8 Å². The van der Waals surface area contributed by atoms with Crippen molar-refractivity contribution in [2.45, 2.75) is 18.0 Å². The van der Waals surface area contributed by atoms with Crippen molar-refractivity contribution in [1.29, 1.82) is 0 Å². The lowest BCUT2D eigenvalue weighted by atomic mass is 10.1. The summed E-state index contributed by atoms with van der Waals surface area (Å²) in [4.78, 5) is 22.5. The molecule has 0 saturated carbocycles. The first kappa shape index (κ1) is 20.5. The quantitative estimate of drug-likeness (QED) is 0.447. The number of hydrogen-bond acceptors (Lipinski definition) is 5. The molecule has 0 radical (unpaired) electrons. The van der Waals surface area contributed by atoms with Gasteiger partial charge >= 0.3 is 30.0 Å². The average Bonchev–Trinajstić information content (AvgIpc) is 2.52. The number of hydrogen-bond donors (Lipinski definition) is 0. The van der Waals surface area contributed by atoms with Crippen LogP contribution in [0.1, 0.15) is 10.4 Å². The molecule has 0 aliphatic heterocycles. The van der Waals surface area contributed by atoms with Gasteiger partial charge in [0.05, 0.1) is 19.8 Å². The summed E-state index contributed by atoms with van der Waals surface area (Å²) in [6.45, 7) is 0. The van der Waals surface area contributed by atoms with Crippen molar-refractivity contribution in [3.63, 3.8) is 0 Å². The Morgan fingerprint density at radius 3 is 1.92 bits per heavy atom. The zero-order valence-corrected chi connectivity index (χ0v) is 12.4. The van der Waals surface area contributed by atoms with Crippen LogP contribution in [0, 0.1) is 0 Å². The molecule has 0 atom stereocenters. The van der Waals surface area contributed by atoms with E-state index in [1.54, 1.807) is 0 Å². The maximum absolute atomic E-state index is 13.2. The SMILES string of the molecule is COC(=O)c1ccc(OC(=O)C(F)(F)C(F)(F)C(F)(F)F)c(OC)c1. The predicted molar refractivity (Wildman–Crippen MR) is 65.9 cm³/mol. The van der Waals surface area contributed by atoms with Crippen molar-refractivity contribution in [2.24, 2.45) is 0 Å². The fourth-order valence-electron chi connectivity index (χ4n) is 1.47. The number of carbonyl (C=O) groups is 2. The van der Waals surface area contributed by atoms with Crippen molar-refractivity contribution in [2.75, 3.05) is 14.2 Å². The number of alkyl halides is 7. The van der Waals surface area contributed by atoms with Crippen molar-refractivity contribution in [1.82, 2.24) is 0 Å². The summed E-state index contributed by atoms with van der Waals surface area (Å²) < 4.78 is 101. The largest absolute Gasteiger partial charge is 0.493 e. The Hall–Kier alpha value is -2.53. The minimum Gasteiger partial charge on any atom is -0.493 e. The molecule has 0 aliphatic carbocycles. The molecule has 0 fully saturated rings. The summed E-state index contributed by atoms with van der Waals surface area (Å²) in [6, 6.07) is 2.41. The van der Waals surface area contributed by atoms with E-state index in [2.05, 4.69) is 14.2 Å². The predicted octanol–water partition coefficient (Wildman–Crippen LogP) is 3.22. The van der Waals surface area contributed by atoms with Crippen LogP contribution in [0.25, 0.3) is 0 Å². The van der Waals surface area contributed by atoms with Gasteiger partial charge in [-0.3, -0.25) is 0 Å². The Morgan fingerprint density at radius 1 is 0.920 bits per heavy atom. The van der Waals surface area contributed by atoms with E-state index in [4.69, 9.17) is 0 Å². The molecule has 12 heteroatoms. The van der Waals surface area contributed by atoms with Gasteiger partial charge in [-0.2, -0.15) is 30.7 Å². The molecule has 0 unspecified atom stereocenters. The van der Waals surface area contributed by atoms with Crippen LogP contribution in [0.4, 0.5) is 30.7 Å². The number of carbonyl (C=O) groups excluding carboxylic acids is 2. The fourth-order valence-corrected chi connectivity index (χ4v) is 1.47. The van der Waals surface area contributed by atoms with Crippen LogP contribution in [0.15, 0.2) is 18.2 Å². The van der Waals surface area contributed by atoms with E-state index in [0.717, 1.165) is 26.4 Å². The highest BCUT2D eigenvalue weighted by Crippen LogP contribution is 2.47. The maximum Gasteiger partial charge on any atom is 0.460 e. The Balaban J connectivity index is 3.17. The Morgan fingerprint density at radius 2 is 1.48 bits per heavy atom. The number of ether oxygens (including phenoxy) is 3. The molecule has 0 bridgehead atoms. The second-order valence-corrected chi connectivity index (χ2v) is 4.39. The first-order valence-electron chi connectivity index (χ1n) is 6.10. The van der Waals surface area contributed by atoms with E-state index < -0.39 is 41.5 Å². The fraction of sp³-hybridized carbons (Fsp3) is 0.385. The van der Waals surface area contributed by atoms with Crippen LogP contribution >= 0.6 is 0 Å². The number of rotatable bonds is 5. The zero-order chi connectivity index (χ0) is 19.6. The smallest absolute Gasteiger partial charge is 0.460 e. The number of esters is 2. The van der Waals surface area contributed by atoms with Gasteiger partial charge in [-0.05, 0) is 18.2 Å². The van der Waals surface area contributed by atoms with Crippen LogP contribution in [0.3, 0.4) is 0 Å². The average molecular weight is 378 g/mol. The molecular formula is C13H9F7O5. The third-order valence-electron chi connectivity index (χ3n) is 2.79. The van der Waals surface area contributed by atoms with Crippen LogP contribution in [-0.4, -0.2) is 44.2 Å². The summed E-state index contributed by atoms with van der Waals surface area (Å²) in [5, 5.41) is 0. The third-order valence-corrected chi connectivity index (χ3v) is 2.79. The lowest BCUT2D eigenvalue weighted by Gasteiger charge is -2.26. The maximum atomic E-state index is 13.2. The summed E-state index contributed by atoms with van der Waals surface area (Å²) in [5.74, 6) is -18.4. The van der Waals surface area contributed by atoms with Crippen molar-refractivity contribution in [3.8, 4) is 11.5 Å². The standard InChI is InChI=1S/C13H9F7O5/c1-23-8-5-6(9(21)24-2)3-4-7(8)25-10(22)11(14,15)12(16,17)13(18,19)20/h3-5H,1-2H3. The zero-order valence-electron chi connectivity index (χ0n) is 12.4.